The maximum atomic E-state index is 13.6. The Bertz CT molecular complexity index is 1380. The smallest absolute Gasteiger partial charge is 0.258 e. The first-order valence-corrected chi connectivity index (χ1v) is 14.4. The second-order valence-electron chi connectivity index (χ2n) is 9.24. The van der Waals surface area contributed by atoms with E-state index in [1.165, 1.54) is 29.8 Å². The highest BCUT2D eigenvalue weighted by Crippen LogP contribution is 2.31. The molecule has 0 bridgehead atoms. The first-order chi connectivity index (χ1) is 18.1. The average Bonchev–Trinajstić information content (AvgIpc) is 3.47. The van der Waals surface area contributed by atoms with Gasteiger partial charge < -0.3 is 20.1 Å². The number of hydrogen-bond acceptors (Lipinski definition) is 8. The summed E-state index contributed by atoms with van der Waals surface area (Å²) in [6.45, 7) is 3.67. The monoisotopic (exact) mass is 558 g/mol. The van der Waals surface area contributed by atoms with Crippen molar-refractivity contribution in [2.45, 2.75) is 30.2 Å². The zero-order chi connectivity index (χ0) is 27.4. The number of aliphatic hydroxyl groups is 1. The van der Waals surface area contributed by atoms with Gasteiger partial charge in [-0.15, -0.1) is 11.3 Å². The van der Waals surface area contributed by atoms with E-state index in [0.29, 0.717) is 11.3 Å². The number of hydrogen-bond donors (Lipinski definition) is 2. The predicted molar refractivity (Wildman–Crippen MR) is 144 cm³/mol. The van der Waals surface area contributed by atoms with Gasteiger partial charge in [-0.1, -0.05) is 13.0 Å². The van der Waals surface area contributed by atoms with Crippen molar-refractivity contribution in [1.82, 2.24) is 14.2 Å². The lowest BCUT2D eigenvalue weighted by Gasteiger charge is -2.38. The number of benzene rings is 1. The first-order valence-electron chi connectivity index (χ1n) is 12.1. The van der Waals surface area contributed by atoms with Gasteiger partial charge >= 0.3 is 0 Å². The molecule has 2 aromatic heterocycles. The van der Waals surface area contributed by atoms with Crippen LogP contribution in [0.15, 0.2) is 64.4 Å². The van der Waals surface area contributed by atoms with Gasteiger partial charge in [0.25, 0.3) is 21.8 Å². The van der Waals surface area contributed by atoms with E-state index in [0.717, 1.165) is 11.3 Å². The molecule has 0 aliphatic carbocycles. The fourth-order valence-electron chi connectivity index (χ4n) is 4.14. The molecule has 3 aromatic rings. The van der Waals surface area contributed by atoms with Crippen LogP contribution in [0.25, 0.3) is 0 Å². The fourth-order valence-corrected chi connectivity index (χ4v) is 6.52. The molecular formula is C26H30N4O6S2. The molecule has 38 heavy (non-hydrogen) atoms. The Morgan fingerprint density at radius 3 is 2.68 bits per heavy atom. The minimum atomic E-state index is -3.71. The number of thiophene rings is 1. The van der Waals surface area contributed by atoms with Crippen molar-refractivity contribution in [2.75, 3.05) is 32.1 Å². The number of rotatable bonds is 8. The van der Waals surface area contributed by atoms with Crippen LogP contribution in [-0.4, -0.2) is 78.4 Å². The zero-order valence-corrected chi connectivity index (χ0v) is 22.9. The summed E-state index contributed by atoms with van der Waals surface area (Å²) in [5.41, 5.74) is 1.01. The number of nitrogens with zero attached hydrogens (tertiary/aromatic N) is 3. The number of likely N-dealkylation sites (N-methyl/N-ethyl adjacent to an activating group) is 1. The van der Waals surface area contributed by atoms with E-state index in [9.17, 15) is 23.1 Å². The molecule has 0 saturated heterocycles. The highest BCUT2D eigenvalue weighted by Gasteiger charge is 2.35. The van der Waals surface area contributed by atoms with E-state index in [1.807, 2.05) is 6.92 Å². The fraction of sp³-hybridized carbons (Fsp3) is 0.346. The SMILES string of the molecule is C[C@H](CO)N1C[C@H](C)[C@@H](CN(C)S(=O)(=O)c2cccs2)Oc2ccc(NC(=O)c3ccncc3)cc2C1=O. The zero-order valence-electron chi connectivity index (χ0n) is 21.3. The summed E-state index contributed by atoms with van der Waals surface area (Å²) in [6.07, 6.45) is 2.43. The molecule has 0 spiro atoms. The summed E-state index contributed by atoms with van der Waals surface area (Å²) in [6, 6.07) is 10.7. The Morgan fingerprint density at radius 2 is 2.03 bits per heavy atom. The standard InChI is InChI=1S/C26H30N4O6S2/c1-17-14-30(18(2)16-31)26(33)21-13-20(28-25(32)19-8-10-27-11-9-19)6-7-22(21)36-23(17)15-29(3)38(34,35)24-5-4-12-37-24/h4-13,17-18,23,31H,14-16H2,1-3H3,(H,28,32)/t17-,18+,23+/m0/s1. The summed E-state index contributed by atoms with van der Waals surface area (Å²) in [7, 11) is -2.21. The molecule has 12 heteroatoms. The average molecular weight is 559 g/mol. The third kappa shape index (κ3) is 5.88. The normalized spacial score (nSPS) is 18.8. The van der Waals surface area contributed by atoms with Crippen LogP contribution in [0.2, 0.25) is 0 Å². The van der Waals surface area contributed by atoms with Gasteiger partial charge in [0.15, 0.2) is 0 Å². The van der Waals surface area contributed by atoms with E-state index in [2.05, 4.69) is 10.3 Å². The number of carbonyl (C=O) groups excluding carboxylic acids is 2. The lowest BCUT2D eigenvalue weighted by atomic mass is 9.99. The van der Waals surface area contributed by atoms with Crippen LogP contribution >= 0.6 is 11.3 Å². The first kappa shape index (κ1) is 27.7. The highest BCUT2D eigenvalue weighted by atomic mass is 32.2. The highest BCUT2D eigenvalue weighted by molar-refractivity contribution is 7.91. The molecule has 3 atom stereocenters. The minimum absolute atomic E-state index is 0.0525. The van der Waals surface area contributed by atoms with Gasteiger partial charge in [0.1, 0.15) is 16.1 Å². The summed E-state index contributed by atoms with van der Waals surface area (Å²) in [5, 5.41) is 14.3. The summed E-state index contributed by atoms with van der Waals surface area (Å²) in [5.74, 6) is -0.704. The molecular weight excluding hydrogens is 528 g/mol. The van der Waals surface area contributed by atoms with Crippen LogP contribution in [0, 0.1) is 5.92 Å². The molecule has 0 unspecified atom stereocenters. The molecule has 2 amide bonds. The molecule has 0 radical (unpaired) electrons. The number of carbonyl (C=O) groups is 2. The Hall–Kier alpha value is -3.32. The number of fused-ring (bicyclic) bond motifs is 1. The Morgan fingerprint density at radius 1 is 1.29 bits per heavy atom. The van der Waals surface area contributed by atoms with Crippen LogP contribution in [0.3, 0.4) is 0 Å². The number of amides is 2. The van der Waals surface area contributed by atoms with Crippen LogP contribution in [0.5, 0.6) is 5.75 Å². The van der Waals surface area contributed by atoms with Gasteiger partial charge in [-0.25, -0.2) is 8.42 Å². The molecule has 3 heterocycles. The number of ether oxygens (including phenoxy) is 1. The van der Waals surface area contributed by atoms with Crippen molar-refractivity contribution in [2.24, 2.45) is 5.92 Å². The molecule has 0 saturated carbocycles. The van der Waals surface area contributed by atoms with Crippen molar-refractivity contribution in [1.29, 1.82) is 0 Å². The van der Waals surface area contributed by atoms with Crippen LogP contribution in [0.1, 0.15) is 34.6 Å². The van der Waals surface area contributed by atoms with Crippen molar-refractivity contribution in [3.8, 4) is 5.75 Å². The third-order valence-electron chi connectivity index (χ3n) is 6.46. The lowest BCUT2D eigenvalue weighted by molar-refractivity contribution is 0.0387. The number of aromatic nitrogens is 1. The van der Waals surface area contributed by atoms with Crippen LogP contribution in [0.4, 0.5) is 5.69 Å². The molecule has 202 valence electrons. The van der Waals surface area contributed by atoms with Gasteiger partial charge in [0.2, 0.25) is 0 Å². The van der Waals surface area contributed by atoms with Crippen molar-refractivity contribution in [3.05, 3.63) is 71.4 Å². The van der Waals surface area contributed by atoms with Crippen molar-refractivity contribution in [3.63, 3.8) is 0 Å². The molecule has 1 aliphatic rings. The molecule has 1 aliphatic heterocycles. The Balaban J connectivity index is 1.65. The summed E-state index contributed by atoms with van der Waals surface area (Å²) < 4.78 is 33.9. The maximum absolute atomic E-state index is 13.6. The minimum Gasteiger partial charge on any atom is -0.488 e. The summed E-state index contributed by atoms with van der Waals surface area (Å²) >= 11 is 1.14. The molecule has 4 rings (SSSR count). The number of nitrogens with one attached hydrogen (secondary N) is 1. The molecule has 2 N–H and O–H groups in total. The number of aliphatic hydroxyl groups excluding tert-OH is 1. The quantitative estimate of drug-likeness (QED) is 0.435. The van der Waals surface area contributed by atoms with Gasteiger partial charge in [0.05, 0.1) is 24.8 Å². The molecule has 10 nitrogen and oxygen atoms in total. The van der Waals surface area contributed by atoms with E-state index >= 15 is 0 Å². The topological polar surface area (TPSA) is 129 Å². The van der Waals surface area contributed by atoms with E-state index in [1.54, 1.807) is 53.6 Å². The van der Waals surface area contributed by atoms with E-state index < -0.39 is 22.2 Å². The second-order valence-corrected chi connectivity index (χ2v) is 12.5. The van der Waals surface area contributed by atoms with Crippen LogP contribution < -0.4 is 10.1 Å². The van der Waals surface area contributed by atoms with Gasteiger partial charge in [-0.3, -0.25) is 14.6 Å². The largest absolute Gasteiger partial charge is 0.488 e. The third-order valence-corrected chi connectivity index (χ3v) is 9.66. The second kappa shape index (κ2) is 11.6. The van der Waals surface area contributed by atoms with Gasteiger partial charge in [0, 0.05) is 43.2 Å². The van der Waals surface area contributed by atoms with Gasteiger partial charge in [-0.05, 0) is 48.7 Å². The lowest BCUT2D eigenvalue weighted by Crippen LogP contribution is -2.50. The van der Waals surface area contributed by atoms with Crippen LogP contribution in [-0.2, 0) is 10.0 Å². The summed E-state index contributed by atoms with van der Waals surface area (Å²) in [4.78, 5) is 31.7. The van der Waals surface area contributed by atoms with E-state index in [-0.39, 0.29) is 53.0 Å². The van der Waals surface area contributed by atoms with Crippen molar-refractivity contribution >= 4 is 38.9 Å². The molecule has 0 fully saturated rings. The Kier molecular flexibility index (Phi) is 8.46. The predicted octanol–water partition coefficient (Wildman–Crippen LogP) is 2.94. The number of anilines is 1. The van der Waals surface area contributed by atoms with Crippen molar-refractivity contribution < 1.29 is 27.9 Å². The number of pyridine rings is 1. The Labute approximate surface area is 225 Å². The van der Waals surface area contributed by atoms with E-state index in [4.69, 9.17) is 4.74 Å². The maximum Gasteiger partial charge on any atom is 0.258 e. The number of sulfonamides is 1. The molecule has 1 aromatic carbocycles. The van der Waals surface area contributed by atoms with Gasteiger partial charge in [-0.2, -0.15) is 4.31 Å².